The summed E-state index contributed by atoms with van der Waals surface area (Å²) in [5.74, 6) is 4.85. The van der Waals surface area contributed by atoms with Gasteiger partial charge in [-0.1, -0.05) is 24.8 Å². The zero-order valence-corrected chi connectivity index (χ0v) is 16.2. The first-order chi connectivity index (χ1) is 14.0. The van der Waals surface area contributed by atoms with Crippen LogP contribution in [-0.4, -0.2) is 0 Å². The van der Waals surface area contributed by atoms with Gasteiger partial charge >= 0.3 is 0 Å². The van der Waals surface area contributed by atoms with E-state index in [1.54, 1.807) is 12.1 Å². The third kappa shape index (κ3) is 4.22. The fraction of sp³-hybridized carbons (Fsp3) is 0.231. The Hall–Kier alpha value is -2.99. The number of fused-ring (bicyclic) bond motifs is 1. The lowest BCUT2D eigenvalue weighted by Gasteiger charge is -2.26. The fourth-order valence-electron chi connectivity index (χ4n) is 3.99. The maximum absolute atomic E-state index is 14.5. The van der Waals surface area contributed by atoms with Crippen molar-refractivity contribution in [3.8, 4) is 11.8 Å². The van der Waals surface area contributed by atoms with E-state index in [9.17, 15) is 13.2 Å². The Morgan fingerprint density at radius 1 is 0.828 bits per heavy atom. The molecule has 146 valence electrons. The Labute approximate surface area is 169 Å². The summed E-state index contributed by atoms with van der Waals surface area (Å²) in [6.07, 6.45) is 2.71. The predicted molar refractivity (Wildman–Crippen MR) is 109 cm³/mol. The van der Waals surface area contributed by atoms with E-state index in [4.69, 9.17) is 0 Å². The van der Waals surface area contributed by atoms with Gasteiger partial charge in [0.05, 0.1) is 0 Å². The summed E-state index contributed by atoms with van der Waals surface area (Å²) in [7, 11) is 0. The van der Waals surface area contributed by atoms with Crippen molar-refractivity contribution in [2.24, 2.45) is 0 Å². The minimum Gasteiger partial charge on any atom is -0.207 e. The van der Waals surface area contributed by atoms with Crippen LogP contribution in [0.1, 0.15) is 52.6 Å². The van der Waals surface area contributed by atoms with Gasteiger partial charge in [0, 0.05) is 16.7 Å². The van der Waals surface area contributed by atoms with E-state index in [1.807, 2.05) is 19.1 Å². The van der Waals surface area contributed by atoms with E-state index in [0.717, 1.165) is 23.1 Å². The first-order valence-electron chi connectivity index (χ1n) is 9.90. The second kappa shape index (κ2) is 8.17. The average molecular weight is 390 g/mol. The van der Waals surface area contributed by atoms with Gasteiger partial charge in [0.25, 0.3) is 0 Å². The summed E-state index contributed by atoms with van der Waals surface area (Å²) in [6, 6.07) is 15.0. The largest absolute Gasteiger partial charge is 0.207 e. The van der Waals surface area contributed by atoms with Crippen LogP contribution in [0.3, 0.4) is 0 Å². The Bertz CT molecular complexity index is 1080. The lowest BCUT2D eigenvalue weighted by Crippen LogP contribution is -2.16. The van der Waals surface area contributed by atoms with Gasteiger partial charge in [0.1, 0.15) is 17.5 Å². The monoisotopic (exact) mass is 390 g/mol. The molecule has 3 aromatic rings. The Morgan fingerprint density at radius 2 is 1.48 bits per heavy atom. The molecule has 0 bridgehead atoms. The number of rotatable bonds is 2. The van der Waals surface area contributed by atoms with Gasteiger partial charge in [-0.3, -0.25) is 0 Å². The third-order valence-corrected chi connectivity index (χ3v) is 5.59. The maximum atomic E-state index is 14.5. The summed E-state index contributed by atoms with van der Waals surface area (Å²) in [4.78, 5) is 0. The molecule has 0 aliphatic heterocycles. The summed E-state index contributed by atoms with van der Waals surface area (Å²) >= 11 is 0. The highest BCUT2D eigenvalue weighted by molar-refractivity contribution is 5.47. The van der Waals surface area contributed by atoms with E-state index in [1.165, 1.54) is 29.8 Å². The maximum Gasteiger partial charge on any atom is 0.129 e. The van der Waals surface area contributed by atoms with E-state index < -0.39 is 11.6 Å². The van der Waals surface area contributed by atoms with Gasteiger partial charge in [-0.15, -0.1) is 0 Å². The van der Waals surface area contributed by atoms with Crippen LogP contribution in [0.4, 0.5) is 13.2 Å². The highest BCUT2D eigenvalue weighted by Crippen LogP contribution is 2.36. The summed E-state index contributed by atoms with van der Waals surface area (Å²) in [6.45, 7) is 1.89. The van der Waals surface area contributed by atoms with Crippen LogP contribution in [0.25, 0.3) is 0 Å². The number of hydrogen-bond acceptors (Lipinski definition) is 0. The molecule has 1 aliphatic rings. The molecule has 0 spiro atoms. The molecule has 29 heavy (non-hydrogen) atoms. The van der Waals surface area contributed by atoms with Gasteiger partial charge in [-0.2, -0.15) is 0 Å². The lowest BCUT2D eigenvalue weighted by atomic mass is 9.79. The van der Waals surface area contributed by atoms with Crippen molar-refractivity contribution in [1.82, 2.24) is 0 Å². The van der Waals surface area contributed by atoms with Crippen molar-refractivity contribution < 1.29 is 13.2 Å². The van der Waals surface area contributed by atoms with Gasteiger partial charge in [0.15, 0.2) is 0 Å². The highest BCUT2D eigenvalue weighted by atomic mass is 19.1. The van der Waals surface area contributed by atoms with Crippen LogP contribution in [0.5, 0.6) is 0 Å². The molecule has 0 saturated carbocycles. The van der Waals surface area contributed by atoms with Crippen molar-refractivity contribution in [3.63, 3.8) is 0 Å². The molecular formula is C26H21F3. The summed E-state index contributed by atoms with van der Waals surface area (Å²) in [5, 5.41) is 0. The van der Waals surface area contributed by atoms with Crippen LogP contribution in [0.2, 0.25) is 0 Å². The molecule has 0 radical (unpaired) electrons. The van der Waals surface area contributed by atoms with E-state index >= 15 is 0 Å². The van der Waals surface area contributed by atoms with Crippen molar-refractivity contribution in [2.45, 2.75) is 38.5 Å². The highest BCUT2D eigenvalue weighted by Gasteiger charge is 2.25. The molecule has 1 atom stereocenters. The summed E-state index contributed by atoms with van der Waals surface area (Å²) < 4.78 is 42.0. The zero-order chi connectivity index (χ0) is 20.4. The number of benzene rings is 3. The molecule has 0 N–H and O–H groups in total. The molecule has 0 aromatic heterocycles. The van der Waals surface area contributed by atoms with Crippen molar-refractivity contribution in [1.29, 1.82) is 0 Å². The topological polar surface area (TPSA) is 0 Å². The minimum atomic E-state index is -0.433. The molecular weight excluding hydrogens is 369 g/mol. The molecule has 0 saturated heterocycles. The Morgan fingerprint density at radius 3 is 2.17 bits per heavy atom. The van der Waals surface area contributed by atoms with Crippen molar-refractivity contribution in [2.75, 3.05) is 0 Å². The fourth-order valence-corrected chi connectivity index (χ4v) is 3.99. The molecule has 0 nitrogen and oxygen atoms in total. The predicted octanol–water partition coefficient (Wildman–Crippen LogP) is 6.34. The second-order valence-electron chi connectivity index (χ2n) is 7.51. The minimum absolute atomic E-state index is 0.149. The first-order valence-corrected chi connectivity index (χ1v) is 9.90. The SMILES string of the molecule is CCc1cc(F)c(C2CCc3cc(C#Cc4ccc(F)cc4)ccc3C2)c(F)c1. The molecule has 1 unspecified atom stereocenters. The van der Waals surface area contributed by atoms with E-state index in [-0.39, 0.29) is 17.3 Å². The van der Waals surface area contributed by atoms with E-state index in [0.29, 0.717) is 24.8 Å². The van der Waals surface area contributed by atoms with Crippen LogP contribution in [-0.2, 0) is 19.3 Å². The molecule has 0 fully saturated rings. The molecule has 1 aliphatic carbocycles. The van der Waals surface area contributed by atoms with Crippen molar-refractivity contribution in [3.05, 3.63) is 105 Å². The standard InChI is InChI=1S/C26H21F3/c1-2-17-14-24(28)26(25(29)15-17)22-10-9-20-13-19(5-8-21(20)16-22)4-3-18-6-11-23(27)12-7-18/h5-8,11-15,22H,2,9-10,16H2,1H3. The van der Waals surface area contributed by atoms with Gasteiger partial charge in [-0.05, 0) is 96.8 Å². The molecule has 0 amide bonds. The van der Waals surface area contributed by atoms with Crippen molar-refractivity contribution >= 4 is 0 Å². The van der Waals surface area contributed by atoms with Gasteiger partial charge in [0.2, 0.25) is 0 Å². The smallest absolute Gasteiger partial charge is 0.129 e. The van der Waals surface area contributed by atoms with Gasteiger partial charge in [-0.25, -0.2) is 13.2 Å². The molecule has 4 rings (SSSR count). The van der Waals surface area contributed by atoms with Crippen LogP contribution >= 0.6 is 0 Å². The van der Waals surface area contributed by atoms with Crippen LogP contribution < -0.4 is 0 Å². The third-order valence-electron chi connectivity index (χ3n) is 5.59. The summed E-state index contributed by atoms with van der Waals surface area (Å²) in [5.41, 5.74) is 4.84. The Kier molecular flexibility index (Phi) is 5.45. The first kappa shape index (κ1) is 19.3. The molecule has 3 aromatic carbocycles. The van der Waals surface area contributed by atoms with Crippen LogP contribution in [0.15, 0.2) is 54.6 Å². The van der Waals surface area contributed by atoms with Gasteiger partial charge < -0.3 is 0 Å². The number of halogens is 3. The molecule has 3 heteroatoms. The number of aryl methyl sites for hydroxylation is 2. The molecule has 0 heterocycles. The van der Waals surface area contributed by atoms with Crippen LogP contribution in [0, 0.1) is 29.3 Å². The lowest BCUT2D eigenvalue weighted by molar-refractivity contribution is 0.490. The number of hydrogen-bond donors (Lipinski definition) is 0. The normalized spacial score (nSPS) is 15.4. The quantitative estimate of drug-likeness (QED) is 0.448. The van der Waals surface area contributed by atoms with E-state index in [2.05, 4.69) is 17.9 Å². The zero-order valence-electron chi connectivity index (χ0n) is 16.2. The second-order valence-corrected chi connectivity index (χ2v) is 7.51. The average Bonchev–Trinajstić information content (AvgIpc) is 2.72. The Balaban J connectivity index is 1.55.